The van der Waals surface area contributed by atoms with Gasteiger partial charge in [-0.15, -0.1) is 5.10 Å². The third-order valence-electron chi connectivity index (χ3n) is 3.96. The highest BCUT2D eigenvalue weighted by atomic mass is 32.2. The van der Waals surface area contributed by atoms with E-state index < -0.39 is 9.84 Å². The SMILES string of the molecule is CN(c1cnnc(Nc2ccccc2C#N)n1)C1CCS(=O)(=O)C1. The molecule has 1 aliphatic heterocycles. The van der Waals surface area contributed by atoms with Gasteiger partial charge in [0.05, 0.1) is 29.0 Å². The third-order valence-corrected chi connectivity index (χ3v) is 5.71. The lowest BCUT2D eigenvalue weighted by Gasteiger charge is -2.24. The summed E-state index contributed by atoms with van der Waals surface area (Å²) in [6.45, 7) is 0. The van der Waals surface area contributed by atoms with E-state index in [4.69, 9.17) is 5.26 Å². The van der Waals surface area contributed by atoms with Gasteiger partial charge >= 0.3 is 0 Å². The smallest absolute Gasteiger partial charge is 0.249 e. The topological polar surface area (TPSA) is 112 Å². The molecule has 2 aromatic rings. The predicted octanol–water partition coefficient (Wildman–Crippen LogP) is 1.11. The Labute approximate surface area is 140 Å². The molecule has 24 heavy (non-hydrogen) atoms. The maximum atomic E-state index is 11.6. The van der Waals surface area contributed by atoms with E-state index in [1.54, 1.807) is 36.2 Å². The third kappa shape index (κ3) is 3.44. The number of hydrogen-bond acceptors (Lipinski definition) is 8. The fourth-order valence-corrected chi connectivity index (χ4v) is 4.37. The summed E-state index contributed by atoms with van der Waals surface area (Å²) in [7, 11) is -1.18. The first kappa shape index (κ1) is 16.1. The molecule has 0 amide bonds. The number of anilines is 3. The molecule has 0 bridgehead atoms. The van der Waals surface area contributed by atoms with Crippen LogP contribution in [0.1, 0.15) is 12.0 Å². The molecule has 0 saturated carbocycles. The standard InChI is InChI=1S/C15H16N6O2S/c1-21(12-6-7-24(22,23)10-12)14-9-17-20-15(19-14)18-13-5-3-2-4-11(13)8-16/h2-5,9,12H,6-7,10H2,1H3,(H,18,19,20). The lowest BCUT2D eigenvalue weighted by molar-refractivity contribution is 0.600. The fraction of sp³-hybridized carbons (Fsp3) is 0.333. The Morgan fingerprint density at radius 2 is 2.17 bits per heavy atom. The molecule has 0 spiro atoms. The molecule has 1 N–H and O–H groups in total. The van der Waals surface area contributed by atoms with Crippen molar-refractivity contribution in [3.8, 4) is 6.07 Å². The van der Waals surface area contributed by atoms with Crippen LogP contribution in [-0.4, -0.2) is 48.2 Å². The Kier molecular flexibility index (Phi) is 4.31. The number of rotatable bonds is 4. The average Bonchev–Trinajstić information content (AvgIpc) is 2.95. The Balaban J connectivity index is 1.81. The van der Waals surface area contributed by atoms with Gasteiger partial charge in [0.15, 0.2) is 15.7 Å². The summed E-state index contributed by atoms with van der Waals surface area (Å²) in [5, 5.41) is 19.9. The zero-order valence-corrected chi connectivity index (χ0v) is 13.9. The van der Waals surface area contributed by atoms with Crippen LogP contribution < -0.4 is 10.2 Å². The summed E-state index contributed by atoms with van der Waals surface area (Å²) in [4.78, 5) is 6.18. The highest BCUT2D eigenvalue weighted by Gasteiger charge is 2.31. The van der Waals surface area contributed by atoms with Gasteiger partial charge in [0.25, 0.3) is 0 Å². The van der Waals surface area contributed by atoms with Gasteiger partial charge in [-0.3, -0.25) is 0 Å². The van der Waals surface area contributed by atoms with Gasteiger partial charge in [-0.1, -0.05) is 12.1 Å². The summed E-state index contributed by atoms with van der Waals surface area (Å²) < 4.78 is 23.3. The van der Waals surface area contributed by atoms with Crippen LogP contribution in [0, 0.1) is 11.3 Å². The summed E-state index contributed by atoms with van der Waals surface area (Å²) in [5.74, 6) is 1.10. The molecule has 1 saturated heterocycles. The molecule has 1 aromatic carbocycles. The molecule has 0 radical (unpaired) electrons. The number of nitrogens with zero attached hydrogens (tertiary/aromatic N) is 5. The van der Waals surface area contributed by atoms with Crippen molar-refractivity contribution in [2.45, 2.75) is 12.5 Å². The van der Waals surface area contributed by atoms with E-state index in [9.17, 15) is 8.42 Å². The lowest BCUT2D eigenvalue weighted by Crippen LogP contribution is -2.33. The molecule has 1 fully saturated rings. The van der Waals surface area contributed by atoms with Crippen LogP contribution in [0.15, 0.2) is 30.5 Å². The molecule has 124 valence electrons. The molecule has 3 rings (SSSR count). The minimum absolute atomic E-state index is 0.119. The number of aromatic nitrogens is 3. The van der Waals surface area contributed by atoms with Crippen LogP contribution in [-0.2, 0) is 9.84 Å². The van der Waals surface area contributed by atoms with Crippen molar-refractivity contribution in [2.75, 3.05) is 28.8 Å². The first-order valence-corrected chi connectivity index (χ1v) is 9.20. The number of para-hydroxylation sites is 1. The van der Waals surface area contributed by atoms with Gasteiger partial charge in [-0.25, -0.2) is 8.42 Å². The quantitative estimate of drug-likeness (QED) is 0.878. The minimum atomic E-state index is -2.97. The molecule has 1 aliphatic rings. The first-order valence-electron chi connectivity index (χ1n) is 7.37. The fourth-order valence-electron chi connectivity index (χ4n) is 2.60. The van der Waals surface area contributed by atoms with Crippen LogP contribution in [0.3, 0.4) is 0 Å². The van der Waals surface area contributed by atoms with Crippen LogP contribution in [0.2, 0.25) is 0 Å². The second kappa shape index (κ2) is 6.41. The summed E-state index contributed by atoms with van der Waals surface area (Å²) in [6.07, 6.45) is 2.06. The average molecular weight is 344 g/mol. The minimum Gasteiger partial charge on any atom is -0.354 e. The van der Waals surface area contributed by atoms with E-state index in [2.05, 4.69) is 26.6 Å². The van der Waals surface area contributed by atoms with E-state index in [0.717, 1.165) is 0 Å². The number of sulfone groups is 1. The zero-order chi connectivity index (χ0) is 17.2. The molecule has 1 aromatic heterocycles. The van der Waals surface area contributed by atoms with Crippen LogP contribution in [0.4, 0.5) is 17.5 Å². The van der Waals surface area contributed by atoms with Crippen molar-refractivity contribution in [2.24, 2.45) is 0 Å². The van der Waals surface area contributed by atoms with Crippen LogP contribution in [0.5, 0.6) is 0 Å². The van der Waals surface area contributed by atoms with E-state index in [-0.39, 0.29) is 23.5 Å². The maximum absolute atomic E-state index is 11.6. The van der Waals surface area contributed by atoms with Crippen molar-refractivity contribution in [1.82, 2.24) is 15.2 Å². The number of nitriles is 1. The monoisotopic (exact) mass is 344 g/mol. The van der Waals surface area contributed by atoms with E-state index >= 15 is 0 Å². The van der Waals surface area contributed by atoms with Crippen molar-refractivity contribution in [3.05, 3.63) is 36.0 Å². The molecule has 1 unspecified atom stereocenters. The van der Waals surface area contributed by atoms with Gasteiger partial charge in [-0.05, 0) is 18.6 Å². The summed E-state index contributed by atoms with van der Waals surface area (Å²) in [5.41, 5.74) is 1.06. The normalized spacial score (nSPS) is 18.8. The van der Waals surface area contributed by atoms with E-state index in [1.807, 2.05) is 0 Å². The van der Waals surface area contributed by atoms with Crippen molar-refractivity contribution in [3.63, 3.8) is 0 Å². The first-order chi connectivity index (χ1) is 11.5. The highest BCUT2D eigenvalue weighted by Crippen LogP contribution is 2.22. The van der Waals surface area contributed by atoms with E-state index in [0.29, 0.717) is 23.5 Å². The molecular weight excluding hydrogens is 328 g/mol. The van der Waals surface area contributed by atoms with Gasteiger partial charge in [0, 0.05) is 13.1 Å². The maximum Gasteiger partial charge on any atom is 0.249 e. The number of benzene rings is 1. The molecular formula is C15H16N6O2S. The van der Waals surface area contributed by atoms with E-state index in [1.165, 1.54) is 6.20 Å². The molecule has 8 nitrogen and oxygen atoms in total. The van der Waals surface area contributed by atoms with Crippen LogP contribution in [0.25, 0.3) is 0 Å². The Morgan fingerprint density at radius 3 is 2.88 bits per heavy atom. The van der Waals surface area contributed by atoms with Gasteiger partial charge in [0.2, 0.25) is 5.95 Å². The van der Waals surface area contributed by atoms with Crippen LogP contribution >= 0.6 is 0 Å². The van der Waals surface area contributed by atoms with Gasteiger partial charge < -0.3 is 10.2 Å². The number of hydrogen-bond donors (Lipinski definition) is 1. The Hall–Kier alpha value is -2.73. The van der Waals surface area contributed by atoms with Crippen molar-refractivity contribution >= 4 is 27.3 Å². The number of nitrogens with one attached hydrogen (secondary N) is 1. The van der Waals surface area contributed by atoms with Gasteiger partial charge in [0.1, 0.15) is 6.07 Å². The Morgan fingerprint density at radius 1 is 1.38 bits per heavy atom. The second-order valence-electron chi connectivity index (χ2n) is 5.59. The molecule has 1 atom stereocenters. The highest BCUT2D eigenvalue weighted by molar-refractivity contribution is 7.91. The Bertz CT molecular complexity index is 893. The van der Waals surface area contributed by atoms with Crippen molar-refractivity contribution < 1.29 is 8.42 Å². The predicted molar refractivity (Wildman–Crippen MR) is 89.7 cm³/mol. The summed E-state index contributed by atoms with van der Waals surface area (Å²) in [6, 6.07) is 8.99. The molecule has 9 heteroatoms. The zero-order valence-electron chi connectivity index (χ0n) is 13.0. The van der Waals surface area contributed by atoms with Crippen molar-refractivity contribution in [1.29, 1.82) is 5.26 Å². The molecule has 0 aliphatic carbocycles. The summed E-state index contributed by atoms with van der Waals surface area (Å²) >= 11 is 0. The van der Waals surface area contributed by atoms with Gasteiger partial charge in [-0.2, -0.15) is 15.3 Å². The molecule has 2 heterocycles. The largest absolute Gasteiger partial charge is 0.354 e. The second-order valence-corrected chi connectivity index (χ2v) is 7.82. The lowest BCUT2D eigenvalue weighted by atomic mass is 10.2.